The number of aryl methyl sites for hydroxylation is 1. The average molecular weight is 198 g/mol. The standard InChI is InChI=1S/C9H14N2OS/c10-4-6-2-1-3-7-9(6)11-8(5-12)13-7/h6,12H,1-5,10H2. The van der Waals surface area contributed by atoms with Crippen LogP contribution >= 0.6 is 11.3 Å². The highest BCUT2D eigenvalue weighted by Gasteiger charge is 2.23. The minimum atomic E-state index is 0.0644. The molecule has 0 amide bonds. The Hall–Kier alpha value is -0.450. The number of nitrogens with zero attached hydrogens (tertiary/aromatic N) is 1. The molecule has 0 radical (unpaired) electrons. The van der Waals surface area contributed by atoms with Gasteiger partial charge in [-0.1, -0.05) is 0 Å². The van der Waals surface area contributed by atoms with Crippen LogP contribution in [-0.4, -0.2) is 16.6 Å². The maximum absolute atomic E-state index is 8.96. The number of rotatable bonds is 2. The van der Waals surface area contributed by atoms with E-state index in [9.17, 15) is 0 Å². The SMILES string of the molecule is NCC1CCCc2sc(CO)nc21. The van der Waals surface area contributed by atoms with Gasteiger partial charge in [-0.25, -0.2) is 4.98 Å². The van der Waals surface area contributed by atoms with Crippen molar-refractivity contribution in [1.82, 2.24) is 4.98 Å². The van der Waals surface area contributed by atoms with Gasteiger partial charge in [0.05, 0.1) is 12.3 Å². The number of fused-ring (bicyclic) bond motifs is 1. The Balaban J connectivity index is 2.32. The number of aromatic nitrogens is 1. The van der Waals surface area contributed by atoms with Gasteiger partial charge in [-0.05, 0) is 19.3 Å². The van der Waals surface area contributed by atoms with E-state index in [2.05, 4.69) is 4.98 Å². The minimum absolute atomic E-state index is 0.0644. The Kier molecular flexibility index (Phi) is 2.62. The quantitative estimate of drug-likeness (QED) is 0.745. The molecule has 0 spiro atoms. The number of hydrogen-bond acceptors (Lipinski definition) is 4. The predicted octanol–water partition coefficient (Wildman–Crippen LogP) is 1.01. The zero-order valence-electron chi connectivity index (χ0n) is 7.49. The fraction of sp³-hybridized carbons (Fsp3) is 0.667. The summed E-state index contributed by atoms with van der Waals surface area (Å²) < 4.78 is 0. The molecular weight excluding hydrogens is 184 g/mol. The Morgan fingerprint density at radius 1 is 1.62 bits per heavy atom. The van der Waals surface area contributed by atoms with Crippen LogP contribution in [0.2, 0.25) is 0 Å². The van der Waals surface area contributed by atoms with Crippen molar-refractivity contribution in [3.8, 4) is 0 Å². The number of thiazole rings is 1. The van der Waals surface area contributed by atoms with Gasteiger partial charge in [-0.15, -0.1) is 11.3 Å². The molecule has 13 heavy (non-hydrogen) atoms. The molecule has 1 aliphatic rings. The van der Waals surface area contributed by atoms with E-state index < -0.39 is 0 Å². The van der Waals surface area contributed by atoms with Crippen LogP contribution < -0.4 is 5.73 Å². The number of aliphatic hydroxyl groups is 1. The molecule has 0 aromatic carbocycles. The van der Waals surface area contributed by atoms with Crippen LogP contribution in [0.4, 0.5) is 0 Å². The fourth-order valence-electron chi connectivity index (χ4n) is 1.85. The van der Waals surface area contributed by atoms with Gasteiger partial charge in [0.2, 0.25) is 0 Å². The molecule has 1 atom stereocenters. The summed E-state index contributed by atoms with van der Waals surface area (Å²) in [6.07, 6.45) is 3.48. The molecule has 0 aliphatic heterocycles. The van der Waals surface area contributed by atoms with Gasteiger partial charge in [0.15, 0.2) is 0 Å². The van der Waals surface area contributed by atoms with Crippen molar-refractivity contribution in [3.05, 3.63) is 15.6 Å². The maximum Gasteiger partial charge on any atom is 0.119 e. The van der Waals surface area contributed by atoms with Crippen LogP contribution in [0.5, 0.6) is 0 Å². The fourth-order valence-corrected chi connectivity index (χ4v) is 2.91. The van der Waals surface area contributed by atoms with E-state index in [1.807, 2.05) is 0 Å². The molecule has 3 nitrogen and oxygen atoms in total. The lowest BCUT2D eigenvalue weighted by Crippen LogP contribution is -2.17. The summed E-state index contributed by atoms with van der Waals surface area (Å²) in [5.74, 6) is 0.431. The van der Waals surface area contributed by atoms with Gasteiger partial charge in [0, 0.05) is 17.3 Å². The Bertz CT molecular complexity index is 298. The molecule has 2 rings (SSSR count). The molecule has 4 heteroatoms. The number of nitrogens with two attached hydrogens (primary N) is 1. The Labute approximate surface area is 81.6 Å². The van der Waals surface area contributed by atoms with Crippen molar-refractivity contribution in [2.45, 2.75) is 31.8 Å². The molecule has 1 unspecified atom stereocenters. The minimum Gasteiger partial charge on any atom is -0.389 e. The highest BCUT2D eigenvalue weighted by Crippen LogP contribution is 2.33. The van der Waals surface area contributed by atoms with Crippen LogP contribution in [-0.2, 0) is 13.0 Å². The molecule has 72 valence electrons. The first kappa shape index (κ1) is 9.12. The molecule has 1 heterocycles. The number of aliphatic hydroxyl groups excluding tert-OH is 1. The van der Waals surface area contributed by atoms with E-state index in [0.29, 0.717) is 12.5 Å². The molecule has 0 bridgehead atoms. The molecular formula is C9H14N2OS. The van der Waals surface area contributed by atoms with Crippen molar-refractivity contribution in [3.63, 3.8) is 0 Å². The predicted molar refractivity (Wildman–Crippen MR) is 52.8 cm³/mol. The van der Waals surface area contributed by atoms with E-state index in [-0.39, 0.29) is 6.61 Å². The van der Waals surface area contributed by atoms with E-state index >= 15 is 0 Å². The molecule has 0 saturated carbocycles. The summed E-state index contributed by atoms with van der Waals surface area (Å²) in [7, 11) is 0. The molecule has 1 aliphatic carbocycles. The summed E-state index contributed by atoms with van der Waals surface area (Å²) >= 11 is 1.64. The van der Waals surface area contributed by atoms with Crippen LogP contribution in [0.3, 0.4) is 0 Å². The lowest BCUT2D eigenvalue weighted by Gasteiger charge is -2.18. The lowest BCUT2D eigenvalue weighted by molar-refractivity contribution is 0.280. The molecule has 0 fully saturated rings. The third-order valence-electron chi connectivity index (χ3n) is 2.53. The van der Waals surface area contributed by atoms with Gasteiger partial charge < -0.3 is 10.8 Å². The second-order valence-corrected chi connectivity index (χ2v) is 4.57. The van der Waals surface area contributed by atoms with Crippen molar-refractivity contribution in [2.24, 2.45) is 5.73 Å². The van der Waals surface area contributed by atoms with Crippen LogP contribution in [0.1, 0.15) is 34.3 Å². The van der Waals surface area contributed by atoms with Crippen molar-refractivity contribution < 1.29 is 5.11 Å². The summed E-state index contributed by atoms with van der Waals surface area (Å²) in [5.41, 5.74) is 6.83. The smallest absolute Gasteiger partial charge is 0.119 e. The first-order valence-corrected chi connectivity index (χ1v) is 5.46. The first-order valence-electron chi connectivity index (χ1n) is 4.64. The molecule has 1 aromatic heterocycles. The summed E-state index contributed by atoms with van der Waals surface area (Å²) in [5, 5.41) is 9.80. The average Bonchev–Trinajstić information content (AvgIpc) is 2.59. The van der Waals surface area contributed by atoms with Gasteiger partial charge >= 0.3 is 0 Å². The highest BCUT2D eigenvalue weighted by molar-refractivity contribution is 7.11. The molecule has 1 aromatic rings. The normalized spacial score (nSPS) is 21.5. The summed E-state index contributed by atoms with van der Waals surface area (Å²) in [6, 6.07) is 0. The summed E-state index contributed by atoms with van der Waals surface area (Å²) in [6.45, 7) is 0.747. The lowest BCUT2D eigenvalue weighted by atomic mass is 9.91. The maximum atomic E-state index is 8.96. The highest BCUT2D eigenvalue weighted by atomic mass is 32.1. The molecule has 0 saturated heterocycles. The molecule has 3 N–H and O–H groups in total. The van der Waals surface area contributed by atoms with E-state index in [4.69, 9.17) is 10.8 Å². The van der Waals surface area contributed by atoms with Gasteiger partial charge in [-0.3, -0.25) is 0 Å². The van der Waals surface area contributed by atoms with Gasteiger partial charge in [-0.2, -0.15) is 0 Å². The van der Waals surface area contributed by atoms with Crippen LogP contribution in [0.15, 0.2) is 0 Å². The van der Waals surface area contributed by atoms with Crippen molar-refractivity contribution >= 4 is 11.3 Å². The Morgan fingerprint density at radius 3 is 3.15 bits per heavy atom. The van der Waals surface area contributed by atoms with Crippen LogP contribution in [0, 0.1) is 0 Å². The zero-order chi connectivity index (χ0) is 9.26. The third-order valence-corrected chi connectivity index (χ3v) is 3.65. The zero-order valence-corrected chi connectivity index (χ0v) is 8.31. The van der Waals surface area contributed by atoms with Gasteiger partial charge in [0.25, 0.3) is 0 Å². The first-order chi connectivity index (χ1) is 6.35. The van der Waals surface area contributed by atoms with Crippen molar-refractivity contribution in [2.75, 3.05) is 6.54 Å². The largest absolute Gasteiger partial charge is 0.389 e. The van der Waals surface area contributed by atoms with E-state index in [1.165, 1.54) is 11.3 Å². The monoisotopic (exact) mass is 198 g/mol. The van der Waals surface area contributed by atoms with Crippen molar-refractivity contribution in [1.29, 1.82) is 0 Å². The van der Waals surface area contributed by atoms with E-state index in [1.54, 1.807) is 11.3 Å². The second kappa shape index (κ2) is 3.74. The number of hydrogen-bond donors (Lipinski definition) is 2. The third kappa shape index (κ3) is 1.61. The van der Waals surface area contributed by atoms with E-state index in [0.717, 1.165) is 23.5 Å². The van der Waals surface area contributed by atoms with Crippen LogP contribution in [0.25, 0.3) is 0 Å². The summed E-state index contributed by atoms with van der Waals surface area (Å²) in [4.78, 5) is 5.75. The second-order valence-electron chi connectivity index (χ2n) is 3.40. The van der Waals surface area contributed by atoms with Gasteiger partial charge in [0.1, 0.15) is 5.01 Å². The Morgan fingerprint density at radius 2 is 2.46 bits per heavy atom. The topological polar surface area (TPSA) is 59.1 Å².